The number of fused-ring (bicyclic) bond motifs is 15. The number of rotatable bonds is 2. The number of para-hydroxylation sites is 2. The van der Waals surface area contributed by atoms with Crippen molar-refractivity contribution in [3.8, 4) is 27.9 Å². The van der Waals surface area contributed by atoms with Gasteiger partial charge in [-0.1, -0.05) is 133 Å². The summed E-state index contributed by atoms with van der Waals surface area (Å²) < 4.78 is 16.7. The summed E-state index contributed by atoms with van der Waals surface area (Å²) >= 11 is 0. The third-order valence-electron chi connectivity index (χ3n) is 13.7. The predicted molar refractivity (Wildman–Crippen MR) is 257 cm³/mol. The molecule has 8 aromatic carbocycles. The monoisotopic (exact) mass is 786 g/mol. The van der Waals surface area contributed by atoms with E-state index in [1.54, 1.807) is 0 Å². The summed E-state index contributed by atoms with van der Waals surface area (Å²) in [5.74, 6) is 0. The minimum absolute atomic E-state index is 0.00598. The normalized spacial score (nSPS) is 13.7. The van der Waals surface area contributed by atoms with Gasteiger partial charge in [0.2, 0.25) is 0 Å². The van der Waals surface area contributed by atoms with Crippen molar-refractivity contribution in [1.82, 2.24) is 4.57 Å². The van der Waals surface area contributed by atoms with Gasteiger partial charge in [-0.15, -0.1) is 0 Å². The fourth-order valence-corrected chi connectivity index (χ4v) is 10.6. The van der Waals surface area contributed by atoms with Crippen LogP contribution in [0.2, 0.25) is 0 Å². The molecule has 0 saturated carbocycles. The van der Waals surface area contributed by atoms with Gasteiger partial charge in [0, 0.05) is 54.9 Å². The molecule has 0 bridgehead atoms. The fourth-order valence-electron chi connectivity index (χ4n) is 10.6. The molecule has 0 N–H and O–H groups in total. The maximum absolute atomic E-state index is 7.10. The molecule has 5 heteroatoms. The van der Waals surface area contributed by atoms with Crippen LogP contribution in [-0.4, -0.2) is 11.4 Å². The molecule has 3 aromatic heterocycles. The number of hydrogen-bond donors (Lipinski definition) is 0. The highest BCUT2D eigenvalue weighted by Crippen LogP contribution is 2.52. The largest absolute Gasteiger partial charge is 0.455 e. The summed E-state index contributed by atoms with van der Waals surface area (Å²) in [5.41, 5.74) is 19.1. The average Bonchev–Trinajstić information content (AvgIpc) is 3.94. The van der Waals surface area contributed by atoms with Crippen molar-refractivity contribution in [2.45, 2.75) is 52.4 Å². The van der Waals surface area contributed by atoms with E-state index in [1.807, 2.05) is 0 Å². The van der Waals surface area contributed by atoms with Crippen molar-refractivity contribution in [2.75, 3.05) is 4.81 Å². The second kappa shape index (κ2) is 11.9. The molecule has 5 heterocycles. The molecule has 292 valence electrons. The van der Waals surface area contributed by atoms with Crippen molar-refractivity contribution in [3.63, 3.8) is 0 Å². The van der Waals surface area contributed by atoms with E-state index < -0.39 is 0 Å². The van der Waals surface area contributed by atoms with Gasteiger partial charge in [-0.25, -0.2) is 0 Å². The molecule has 11 aromatic rings. The molecule has 0 aliphatic carbocycles. The summed E-state index contributed by atoms with van der Waals surface area (Å²) in [4.78, 5) is 2.60. The lowest BCUT2D eigenvalue weighted by atomic mass is 9.43. The van der Waals surface area contributed by atoms with Crippen molar-refractivity contribution in [2.24, 2.45) is 0 Å². The molecule has 61 heavy (non-hydrogen) atoms. The second-order valence-electron chi connectivity index (χ2n) is 19.3. The molecule has 13 rings (SSSR count). The topological polar surface area (TPSA) is 34.5 Å². The highest BCUT2D eigenvalue weighted by Gasteiger charge is 2.47. The first kappa shape index (κ1) is 34.8. The zero-order chi connectivity index (χ0) is 41.1. The number of benzene rings is 8. The standard InChI is InChI=1S/C56H43BN2O2/c1-55(2,3)34-22-26-44-40(28-34)41-29-35(56(4,5)6)30-43-52(41)58(44)46-31-42-38-17-11-13-19-48(38)61-54(42)50-49-45(27-25-39-37-16-10-12-18-47(37)60-53(39)49)59(57(43)51(46)50)36-23-20-33(21-24-36)32-14-8-7-9-15-32/h7-31H,1-6H3. The van der Waals surface area contributed by atoms with E-state index in [4.69, 9.17) is 8.83 Å². The molecular weight excluding hydrogens is 743 g/mol. The van der Waals surface area contributed by atoms with Gasteiger partial charge < -0.3 is 18.2 Å². The summed E-state index contributed by atoms with van der Waals surface area (Å²) in [6.45, 7) is 13.8. The van der Waals surface area contributed by atoms with E-state index in [0.29, 0.717) is 0 Å². The van der Waals surface area contributed by atoms with Gasteiger partial charge >= 0.3 is 6.85 Å². The molecule has 0 radical (unpaired) electrons. The van der Waals surface area contributed by atoms with E-state index in [9.17, 15) is 0 Å². The third-order valence-corrected chi connectivity index (χ3v) is 13.7. The van der Waals surface area contributed by atoms with E-state index in [0.717, 1.165) is 66.4 Å². The van der Waals surface area contributed by atoms with Crippen LogP contribution in [0.15, 0.2) is 160 Å². The van der Waals surface area contributed by atoms with Gasteiger partial charge in [-0.2, -0.15) is 0 Å². The Labute approximate surface area is 354 Å². The zero-order valence-corrected chi connectivity index (χ0v) is 35.2. The second-order valence-corrected chi connectivity index (χ2v) is 19.3. The SMILES string of the molecule is CC(C)(C)c1ccc2c(c1)c1cc(C(C)(C)C)cc3c1n2-c1cc2c(oc4ccccc42)c2c1B3N(c1ccc(-c3ccccc3)cc1)c1ccc3c(oc4ccccc43)c1-2. The Bertz CT molecular complexity index is 3670. The lowest BCUT2D eigenvalue weighted by Crippen LogP contribution is -2.60. The average molecular weight is 787 g/mol. The molecule has 0 saturated heterocycles. The number of furan rings is 2. The van der Waals surface area contributed by atoms with Crippen molar-refractivity contribution >= 4 is 94.8 Å². The Hall–Kier alpha value is -6.98. The maximum atomic E-state index is 7.10. The van der Waals surface area contributed by atoms with Gasteiger partial charge in [0.15, 0.2) is 0 Å². The lowest BCUT2D eigenvalue weighted by molar-refractivity contribution is 0.590. The molecule has 4 nitrogen and oxygen atoms in total. The van der Waals surface area contributed by atoms with Crippen LogP contribution in [0, 0.1) is 0 Å². The molecule has 2 aliphatic rings. The zero-order valence-electron chi connectivity index (χ0n) is 35.2. The predicted octanol–water partition coefficient (Wildman–Crippen LogP) is 14.1. The van der Waals surface area contributed by atoms with Gasteiger partial charge in [0.1, 0.15) is 22.3 Å². The molecule has 0 atom stereocenters. The highest BCUT2D eigenvalue weighted by atomic mass is 16.3. The number of nitrogens with zero attached hydrogens (tertiary/aromatic N) is 2. The first-order valence-electron chi connectivity index (χ1n) is 21.5. The van der Waals surface area contributed by atoms with Crippen LogP contribution in [0.3, 0.4) is 0 Å². The molecule has 2 aliphatic heterocycles. The maximum Gasteiger partial charge on any atom is 0.333 e. The van der Waals surface area contributed by atoms with Crippen LogP contribution in [0.1, 0.15) is 52.7 Å². The molecule has 0 spiro atoms. The Kier molecular flexibility index (Phi) is 6.77. The number of anilines is 2. The highest BCUT2D eigenvalue weighted by molar-refractivity contribution is 6.94. The first-order valence-corrected chi connectivity index (χ1v) is 21.5. The van der Waals surface area contributed by atoms with Crippen LogP contribution in [-0.2, 0) is 10.8 Å². The summed E-state index contributed by atoms with van der Waals surface area (Å²) in [5, 5.41) is 7.02. The van der Waals surface area contributed by atoms with Crippen LogP contribution in [0.25, 0.3) is 93.6 Å². The van der Waals surface area contributed by atoms with Crippen molar-refractivity contribution in [3.05, 3.63) is 163 Å². The van der Waals surface area contributed by atoms with Gasteiger partial charge in [-0.3, -0.25) is 0 Å². The Morgan fingerprint density at radius 1 is 0.459 bits per heavy atom. The van der Waals surface area contributed by atoms with E-state index in [1.165, 1.54) is 60.7 Å². The third kappa shape index (κ3) is 4.72. The lowest BCUT2D eigenvalue weighted by Gasteiger charge is -2.42. The fraction of sp³-hybridized carbons (Fsp3) is 0.143. The quantitative estimate of drug-likeness (QED) is 0.164. The summed E-state index contributed by atoms with van der Waals surface area (Å²) in [6.07, 6.45) is 0. The van der Waals surface area contributed by atoms with E-state index in [2.05, 4.69) is 203 Å². The smallest absolute Gasteiger partial charge is 0.333 e. The summed E-state index contributed by atoms with van der Waals surface area (Å²) in [6, 6.07) is 56.0. The van der Waals surface area contributed by atoms with Crippen molar-refractivity contribution < 1.29 is 8.83 Å². The molecule has 0 amide bonds. The van der Waals surface area contributed by atoms with E-state index in [-0.39, 0.29) is 17.7 Å². The number of hydrogen-bond acceptors (Lipinski definition) is 3. The van der Waals surface area contributed by atoms with Gasteiger partial charge in [0.25, 0.3) is 0 Å². The van der Waals surface area contributed by atoms with Crippen LogP contribution < -0.4 is 15.7 Å². The van der Waals surface area contributed by atoms with E-state index >= 15 is 0 Å². The van der Waals surface area contributed by atoms with Crippen LogP contribution in [0.5, 0.6) is 0 Å². The van der Waals surface area contributed by atoms with Crippen LogP contribution >= 0.6 is 0 Å². The molecule has 0 fully saturated rings. The minimum Gasteiger partial charge on any atom is -0.455 e. The van der Waals surface area contributed by atoms with Crippen LogP contribution in [0.4, 0.5) is 11.4 Å². The Morgan fingerprint density at radius 2 is 1.08 bits per heavy atom. The van der Waals surface area contributed by atoms with Gasteiger partial charge in [-0.05, 0) is 105 Å². The molecular formula is C56H43BN2O2. The molecule has 0 unspecified atom stereocenters. The first-order chi connectivity index (χ1) is 29.5. The Balaban J connectivity index is 1.24. The Morgan fingerprint density at radius 3 is 1.79 bits per heavy atom. The van der Waals surface area contributed by atoms with Crippen molar-refractivity contribution in [1.29, 1.82) is 0 Å². The summed E-state index contributed by atoms with van der Waals surface area (Å²) in [7, 11) is 0. The number of aromatic nitrogens is 1. The minimum atomic E-state index is -0.178. The van der Waals surface area contributed by atoms with Gasteiger partial charge in [0.05, 0.1) is 16.6 Å².